The van der Waals surface area contributed by atoms with Crippen LogP contribution in [0.2, 0.25) is 5.02 Å². The number of carbonyl (C=O) groups excluding carboxylic acids is 2. The molecule has 4 rings (SSSR count). The molecule has 14 heteroatoms. The highest BCUT2D eigenvalue weighted by Gasteiger charge is 2.31. The molecule has 1 aromatic heterocycles. The predicted molar refractivity (Wildman–Crippen MR) is 148 cm³/mol. The molecule has 3 aromatic rings. The number of halogens is 1. The molecule has 0 saturated heterocycles. The number of nitrogen functional groups attached to an aromatic ring is 1. The normalized spacial score (nSPS) is 16.9. The Labute approximate surface area is 238 Å². The maximum absolute atomic E-state index is 13.4. The average Bonchev–Trinajstić information content (AvgIpc) is 3.44. The molecule has 0 aliphatic heterocycles. The largest absolute Gasteiger partial charge is 0.464 e. The number of hydrogen-bond acceptors (Lipinski definition) is 10. The third kappa shape index (κ3) is 9.28. The van der Waals surface area contributed by atoms with Gasteiger partial charge in [-0.05, 0) is 86.6 Å². The van der Waals surface area contributed by atoms with Crippen LogP contribution in [-0.2, 0) is 24.3 Å². The lowest BCUT2D eigenvalue weighted by atomic mass is 9.85. The fraction of sp³-hybridized carbons (Fsp3) is 0.423. The van der Waals surface area contributed by atoms with Crippen LogP contribution < -0.4 is 5.73 Å². The van der Waals surface area contributed by atoms with Crippen LogP contribution in [0.3, 0.4) is 0 Å². The number of aromatic amines is 1. The van der Waals surface area contributed by atoms with E-state index in [-0.39, 0.29) is 42.0 Å². The van der Waals surface area contributed by atoms with Gasteiger partial charge in [0.05, 0.1) is 17.6 Å². The van der Waals surface area contributed by atoms with Gasteiger partial charge in [0, 0.05) is 17.1 Å². The van der Waals surface area contributed by atoms with Crippen LogP contribution in [0, 0.1) is 5.92 Å². The number of hydrogen-bond donors (Lipinski definition) is 2. The Morgan fingerprint density at radius 2 is 1.75 bits per heavy atom. The number of esters is 1. The second-order valence-corrected chi connectivity index (χ2v) is 11.3. The van der Waals surface area contributed by atoms with E-state index in [0.717, 1.165) is 30.0 Å². The molecule has 0 bridgehead atoms. The van der Waals surface area contributed by atoms with Crippen LogP contribution in [-0.4, -0.2) is 71.1 Å². The van der Waals surface area contributed by atoms with Gasteiger partial charge in [0.1, 0.15) is 6.61 Å². The molecule has 216 valence electrons. The fourth-order valence-electron chi connectivity index (χ4n) is 4.23. The van der Waals surface area contributed by atoms with E-state index in [9.17, 15) is 18.0 Å². The van der Waals surface area contributed by atoms with E-state index >= 15 is 0 Å². The van der Waals surface area contributed by atoms with E-state index in [0.29, 0.717) is 23.6 Å². The number of nitrogens with one attached hydrogen (secondary N) is 1. The number of anilines is 1. The molecule has 0 spiro atoms. The average molecular weight is 593 g/mol. The van der Waals surface area contributed by atoms with Crippen molar-refractivity contribution in [1.82, 2.24) is 24.9 Å². The first-order valence-corrected chi connectivity index (χ1v) is 14.7. The summed E-state index contributed by atoms with van der Waals surface area (Å²) in [6, 6.07) is 14.2. The SMILES string of the molecule is CCOC(=O)COC1CCC(CCN(C(=O)c2ccccc2)S(=O)(=O)c2ccc(Cl)cc2)CC1.Nc1nn[nH]n1. The highest BCUT2D eigenvalue weighted by Crippen LogP contribution is 2.30. The molecule has 40 heavy (non-hydrogen) atoms. The molecule has 0 atom stereocenters. The van der Waals surface area contributed by atoms with Crippen molar-refractivity contribution in [3.05, 3.63) is 65.2 Å². The number of nitrogens with zero attached hydrogens (tertiary/aromatic N) is 4. The van der Waals surface area contributed by atoms with Gasteiger partial charge < -0.3 is 15.2 Å². The second kappa shape index (κ2) is 15.3. The number of nitrogens with two attached hydrogens (primary N) is 1. The first-order chi connectivity index (χ1) is 19.2. The van der Waals surface area contributed by atoms with Gasteiger partial charge in [-0.15, -0.1) is 5.10 Å². The smallest absolute Gasteiger partial charge is 0.332 e. The summed E-state index contributed by atoms with van der Waals surface area (Å²) >= 11 is 5.92. The van der Waals surface area contributed by atoms with Crippen LogP contribution in [0.4, 0.5) is 5.95 Å². The van der Waals surface area contributed by atoms with Gasteiger partial charge in [0.15, 0.2) is 0 Å². The Bertz CT molecular complexity index is 1300. The number of ether oxygens (including phenoxy) is 2. The number of tetrazole rings is 1. The Kier molecular flexibility index (Phi) is 11.8. The van der Waals surface area contributed by atoms with E-state index in [1.165, 1.54) is 24.3 Å². The van der Waals surface area contributed by atoms with Gasteiger partial charge in [-0.1, -0.05) is 34.9 Å². The Hall–Kier alpha value is -3.55. The molecular weight excluding hydrogens is 560 g/mol. The minimum absolute atomic E-state index is 0.0134. The van der Waals surface area contributed by atoms with Crippen molar-refractivity contribution in [3.8, 4) is 0 Å². The van der Waals surface area contributed by atoms with E-state index in [1.807, 2.05) is 0 Å². The zero-order valence-corrected chi connectivity index (χ0v) is 23.7. The molecule has 12 nitrogen and oxygen atoms in total. The summed E-state index contributed by atoms with van der Waals surface area (Å²) in [6.45, 7) is 2.10. The van der Waals surface area contributed by atoms with Gasteiger partial charge in [-0.2, -0.15) is 5.21 Å². The van der Waals surface area contributed by atoms with E-state index < -0.39 is 15.9 Å². The van der Waals surface area contributed by atoms with Crippen molar-refractivity contribution >= 4 is 39.4 Å². The van der Waals surface area contributed by atoms with Gasteiger partial charge in [-0.25, -0.2) is 17.5 Å². The van der Waals surface area contributed by atoms with Crippen LogP contribution in [0.25, 0.3) is 0 Å². The second-order valence-electron chi connectivity index (χ2n) is 9.02. The molecular formula is C26H33ClN6O6S. The zero-order valence-electron chi connectivity index (χ0n) is 22.1. The van der Waals surface area contributed by atoms with Crippen LogP contribution in [0.15, 0.2) is 59.5 Å². The summed E-state index contributed by atoms with van der Waals surface area (Å²) in [5.74, 6) is -0.488. The van der Waals surface area contributed by atoms with Crippen molar-refractivity contribution in [3.63, 3.8) is 0 Å². The molecule has 1 aliphatic carbocycles. The number of benzene rings is 2. The van der Waals surface area contributed by atoms with Crippen molar-refractivity contribution in [2.24, 2.45) is 5.92 Å². The minimum Gasteiger partial charge on any atom is -0.464 e. The summed E-state index contributed by atoms with van der Waals surface area (Å²) in [7, 11) is -4.05. The molecule has 2 aromatic carbocycles. The van der Waals surface area contributed by atoms with Gasteiger partial charge >= 0.3 is 5.97 Å². The highest BCUT2D eigenvalue weighted by molar-refractivity contribution is 7.89. The van der Waals surface area contributed by atoms with E-state index in [2.05, 4.69) is 20.6 Å². The fourth-order valence-corrected chi connectivity index (χ4v) is 5.76. The number of H-pyrrole nitrogens is 1. The summed E-state index contributed by atoms with van der Waals surface area (Å²) in [4.78, 5) is 24.7. The predicted octanol–water partition coefficient (Wildman–Crippen LogP) is 3.48. The van der Waals surface area contributed by atoms with E-state index in [1.54, 1.807) is 37.3 Å². The quantitative estimate of drug-likeness (QED) is 0.332. The molecule has 1 fully saturated rings. The summed E-state index contributed by atoms with van der Waals surface area (Å²) in [5.41, 5.74) is 5.28. The number of sulfonamides is 1. The molecule has 1 saturated carbocycles. The topological polar surface area (TPSA) is 170 Å². The van der Waals surface area contributed by atoms with Gasteiger partial charge in [0.25, 0.3) is 21.9 Å². The Morgan fingerprint density at radius 1 is 1.07 bits per heavy atom. The summed E-state index contributed by atoms with van der Waals surface area (Å²) < 4.78 is 38.3. The lowest BCUT2D eigenvalue weighted by Crippen LogP contribution is -2.38. The Balaban J connectivity index is 0.000000649. The number of rotatable bonds is 10. The molecule has 1 aliphatic rings. The standard InChI is InChI=1S/C25H30ClNO6S.CH3N5/c1-2-32-24(28)18-33-22-12-8-19(9-13-22)16-17-27(25(29)20-6-4-3-5-7-20)34(30,31)23-14-10-21(26)11-15-23;2-1-3-5-6-4-1/h3-7,10-11,14-15,19,22H,2,8-9,12-13,16-18H2,1H3;(H3,2,3,4,5,6). The van der Waals surface area contributed by atoms with Crippen LogP contribution in [0.1, 0.15) is 49.4 Å². The van der Waals surface area contributed by atoms with Gasteiger partial charge in [0.2, 0.25) is 0 Å². The Morgan fingerprint density at radius 3 is 2.30 bits per heavy atom. The maximum atomic E-state index is 13.4. The molecule has 0 unspecified atom stereocenters. The first kappa shape index (κ1) is 31.0. The summed E-state index contributed by atoms with van der Waals surface area (Å²) in [5, 5.41) is 12.4. The third-order valence-electron chi connectivity index (χ3n) is 6.29. The van der Waals surface area contributed by atoms with Gasteiger partial charge in [-0.3, -0.25) is 4.79 Å². The maximum Gasteiger partial charge on any atom is 0.332 e. The van der Waals surface area contributed by atoms with Crippen molar-refractivity contribution < 1.29 is 27.5 Å². The van der Waals surface area contributed by atoms with Crippen LogP contribution >= 0.6 is 11.6 Å². The molecule has 1 heterocycles. The van der Waals surface area contributed by atoms with Crippen LogP contribution in [0.5, 0.6) is 0 Å². The zero-order chi connectivity index (χ0) is 29.0. The minimum atomic E-state index is -4.05. The highest BCUT2D eigenvalue weighted by atomic mass is 35.5. The third-order valence-corrected chi connectivity index (χ3v) is 8.34. The lowest BCUT2D eigenvalue weighted by Gasteiger charge is -2.30. The monoisotopic (exact) mass is 592 g/mol. The number of carbonyl (C=O) groups is 2. The molecule has 1 amide bonds. The van der Waals surface area contributed by atoms with Crippen molar-refractivity contribution in [1.29, 1.82) is 0 Å². The molecule has 0 radical (unpaired) electrons. The first-order valence-electron chi connectivity index (χ1n) is 12.8. The van der Waals surface area contributed by atoms with Crippen molar-refractivity contribution in [2.45, 2.75) is 50.0 Å². The van der Waals surface area contributed by atoms with E-state index in [4.69, 9.17) is 26.8 Å². The lowest BCUT2D eigenvalue weighted by molar-refractivity contribution is -0.151. The van der Waals surface area contributed by atoms with Crippen molar-refractivity contribution in [2.75, 3.05) is 25.5 Å². The summed E-state index contributed by atoms with van der Waals surface area (Å²) in [6.07, 6.45) is 3.77. The number of amides is 1. The number of aromatic nitrogens is 4. The molecule has 3 N–H and O–H groups in total.